The first-order chi connectivity index (χ1) is 12.1. The molecule has 1 aliphatic carbocycles. The molecule has 1 saturated carbocycles. The smallest absolute Gasteiger partial charge is 0.314 e. The summed E-state index contributed by atoms with van der Waals surface area (Å²) in [5, 5.41) is 8.73. The molecule has 0 unspecified atom stereocenters. The van der Waals surface area contributed by atoms with E-state index in [2.05, 4.69) is 25.9 Å². The maximum atomic E-state index is 11.8. The molecule has 2 amide bonds. The van der Waals surface area contributed by atoms with Gasteiger partial charge in [-0.15, -0.1) is 0 Å². The lowest BCUT2D eigenvalue weighted by Gasteiger charge is -2.19. The molecule has 0 atom stereocenters. The minimum atomic E-state index is -0.185. The molecule has 0 aliphatic heterocycles. The van der Waals surface area contributed by atoms with Gasteiger partial charge in [0.15, 0.2) is 0 Å². The van der Waals surface area contributed by atoms with E-state index in [-0.39, 0.29) is 11.6 Å². The highest BCUT2D eigenvalue weighted by molar-refractivity contribution is 5.73. The number of aromatic amines is 1. The van der Waals surface area contributed by atoms with Crippen LogP contribution >= 0.6 is 0 Å². The van der Waals surface area contributed by atoms with E-state index in [0.717, 1.165) is 18.9 Å². The van der Waals surface area contributed by atoms with Crippen LogP contribution in [0.5, 0.6) is 0 Å². The SMILES string of the molecule is Cc1cc(=O)[nH]c(NCCNC(=O)NCCC2CCCCCCC2)n1. The van der Waals surface area contributed by atoms with Crippen molar-refractivity contribution in [3.63, 3.8) is 0 Å². The van der Waals surface area contributed by atoms with Gasteiger partial charge in [-0.25, -0.2) is 9.78 Å². The topological polar surface area (TPSA) is 98.9 Å². The van der Waals surface area contributed by atoms with Crippen molar-refractivity contribution in [1.82, 2.24) is 20.6 Å². The number of urea groups is 1. The van der Waals surface area contributed by atoms with E-state index in [4.69, 9.17) is 0 Å². The van der Waals surface area contributed by atoms with Gasteiger partial charge in [0, 0.05) is 31.4 Å². The van der Waals surface area contributed by atoms with Crippen LogP contribution in [0.3, 0.4) is 0 Å². The van der Waals surface area contributed by atoms with Gasteiger partial charge in [-0.3, -0.25) is 9.78 Å². The van der Waals surface area contributed by atoms with E-state index in [1.54, 1.807) is 6.92 Å². The number of carbonyl (C=O) groups is 1. The summed E-state index contributed by atoms with van der Waals surface area (Å²) >= 11 is 0. The molecule has 1 heterocycles. The highest BCUT2D eigenvalue weighted by atomic mass is 16.2. The number of carbonyl (C=O) groups excluding carboxylic acids is 1. The van der Waals surface area contributed by atoms with Gasteiger partial charge in [-0.2, -0.15) is 0 Å². The fourth-order valence-electron chi connectivity index (χ4n) is 3.30. The Morgan fingerprint density at radius 2 is 1.80 bits per heavy atom. The van der Waals surface area contributed by atoms with Gasteiger partial charge in [-0.1, -0.05) is 44.9 Å². The average Bonchev–Trinajstić information content (AvgIpc) is 2.52. The van der Waals surface area contributed by atoms with Gasteiger partial charge in [0.25, 0.3) is 5.56 Å². The molecule has 1 fully saturated rings. The van der Waals surface area contributed by atoms with Crippen molar-refractivity contribution in [3.8, 4) is 0 Å². The molecule has 0 radical (unpaired) electrons. The second kappa shape index (κ2) is 10.7. The third-order valence-corrected chi connectivity index (χ3v) is 4.64. The Kier molecular flexibility index (Phi) is 8.28. The van der Waals surface area contributed by atoms with Gasteiger partial charge < -0.3 is 16.0 Å². The lowest BCUT2D eigenvalue weighted by Crippen LogP contribution is -2.39. The van der Waals surface area contributed by atoms with Crippen LogP contribution in [-0.4, -0.2) is 35.6 Å². The standard InChI is InChI=1S/C18H31N5O2/c1-14-13-16(24)23-17(22-14)19-11-12-21-18(25)20-10-9-15-7-5-3-2-4-6-8-15/h13,15H,2-12H2,1H3,(H2,20,21,25)(H2,19,22,23,24). The van der Waals surface area contributed by atoms with E-state index < -0.39 is 0 Å². The fraction of sp³-hybridized carbons (Fsp3) is 0.722. The zero-order valence-electron chi connectivity index (χ0n) is 15.2. The maximum absolute atomic E-state index is 11.8. The summed E-state index contributed by atoms with van der Waals surface area (Å²) in [6.07, 6.45) is 10.4. The molecule has 4 N–H and O–H groups in total. The number of aromatic nitrogens is 2. The molecule has 0 saturated heterocycles. The largest absolute Gasteiger partial charge is 0.354 e. The maximum Gasteiger partial charge on any atom is 0.314 e. The van der Waals surface area contributed by atoms with Crippen molar-refractivity contribution in [1.29, 1.82) is 0 Å². The van der Waals surface area contributed by atoms with Gasteiger partial charge in [0.1, 0.15) is 0 Å². The van der Waals surface area contributed by atoms with Crippen LogP contribution in [-0.2, 0) is 0 Å². The van der Waals surface area contributed by atoms with Gasteiger partial charge in [-0.05, 0) is 19.3 Å². The van der Waals surface area contributed by atoms with Crippen molar-refractivity contribution >= 4 is 12.0 Å². The molecule has 25 heavy (non-hydrogen) atoms. The number of amides is 2. The van der Waals surface area contributed by atoms with Gasteiger partial charge in [0.05, 0.1) is 0 Å². The molecule has 7 heteroatoms. The highest BCUT2D eigenvalue weighted by Crippen LogP contribution is 2.24. The Hall–Kier alpha value is -2.05. The summed E-state index contributed by atoms with van der Waals surface area (Å²) in [6, 6.07) is 1.30. The van der Waals surface area contributed by atoms with Crippen molar-refractivity contribution < 1.29 is 4.79 Å². The van der Waals surface area contributed by atoms with Gasteiger partial charge in [0.2, 0.25) is 5.95 Å². The molecule has 0 bridgehead atoms. The minimum Gasteiger partial charge on any atom is -0.354 e. The number of aryl methyl sites for hydroxylation is 1. The molecule has 1 aromatic heterocycles. The molecular formula is C18H31N5O2. The third kappa shape index (κ3) is 8.05. The van der Waals surface area contributed by atoms with Gasteiger partial charge >= 0.3 is 6.03 Å². The van der Waals surface area contributed by atoms with E-state index >= 15 is 0 Å². The number of rotatable bonds is 7. The zero-order chi connectivity index (χ0) is 17.9. The van der Waals surface area contributed by atoms with E-state index in [0.29, 0.717) is 24.7 Å². The van der Waals surface area contributed by atoms with Crippen LogP contribution in [0.25, 0.3) is 0 Å². The normalized spacial score (nSPS) is 15.9. The van der Waals surface area contributed by atoms with Crippen LogP contribution in [0, 0.1) is 12.8 Å². The van der Waals surface area contributed by atoms with E-state index in [1.807, 2.05) is 0 Å². The molecule has 0 aromatic carbocycles. The lowest BCUT2D eigenvalue weighted by molar-refractivity contribution is 0.239. The predicted octanol–water partition coefficient (Wildman–Crippen LogP) is 2.54. The number of anilines is 1. The van der Waals surface area contributed by atoms with Crippen LogP contribution in [0.2, 0.25) is 0 Å². The van der Waals surface area contributed by atoms with E-state index in [1.165, 1.54) is 51.0 Å². The number of hydrogen-bond acceptors (Lipinski definition) is 4. The highest BCUT2D eigenvalue weighted by Gasteiger charge is 2.11. The molecular weight excluding hydrogens is 318 g/mol. The predicted molar refractivity (Wildman–Crippen MR) is 99.9 cm³/mol. The van der Waals surface area contributed by atoms with Crippen molar-refractivity contribution in [2.75, 3.05) is 25.0 Å². The Morgan fingerprint density at radius 3 is 2.52 bits per heavy atom. The van der Waals surface area contributed by atoms with Crippen LogP contribution in [0.15, 0.2) is 10.9 Å². The molecule has 2 rings (SSSR count). The Morgan fingerprint density at radius 1 is 1.12 bits per heavy atom. The van der Waals surface area contributed by atoms with Crippen molar-refractivity contribution in [3.05, 3.63) is 22.1 Å². The van der Waals surface area contributed by atoms with Crippen LogP contribution in [0.1, 0.15) is 57.1 Å². The first-order valence-corrected chi connectivity index (χ1v) is 9.47. The molecule has 1 aliphatic rings. The van der Waals surface area contributed by atoms with Crippen molar-refractivity contribution in [2.45, 2.75) is 58.3 Å². The number of nitrogens with one attached hydrogen (secondary N) is 4. The minimum absolute atomic E-state index is 0.140. The Balaban J connectivity index is 1.55. The zero-order valence-corrected chi connectivity index (χ0v) is 15.2. The number of hydrogen-bond donors (Lipinski definition) is 4. The second-order valence-electron chi connectivity index (χ2n) is 6.84. The Bertz CT molecular complexity index is 579. The first-order valence-electron chi connectivity index (χ1n) is 9.47. The number of H-pyrrole nitrogens is 1. The van der Waals surface area contributed by atoms with E-state index in [9.17, 15) is 9.59 Å². The average molecular weight is 349 g/mol. The van der Waals surface area contributed by atoms with Crippen LogP contribution in [0.4, 0.5) is 10.7 Å². The summed E-state index contributed by atoms with van der Waals surface area (Å²) in [4.78, 5) is 29.9. The molecule has 0 spiro atoms. The summed E-state index contributed by atoms with van der Waals surface area (Å²) < 4.78 is 0. The molecule has 140 valence electrons. The summed E-state index contributed by atoms with van der Waals surface area (Å²) in [5.41, 5.74) is 0.473. The molecule has 1 aromatic rings. The monoisotopic (exact) mass is 349 g/mol. The molecule has 7 nitrogen and oxygen atoms in total. The second-order valence-corrected chi connectivity index (χ2v) is 6.84. The fourth-order valence-corrected chi connectivity index (χ4v) is 3.30. The lowest BCUT2D eigenvalue weighted by atomic mass is 9.89. The Labute approximate surface area is 149 Å². The summed E-state index contributed by atoms with van der Waals surface area (Å²) in [5.74, 6) is 1.18. The summed E-state index contributed by atoms with van der Waals surface area (Å²) in [7, 11) is 0. The quantitative estimate of drug-likeness (QED) is 0.569. The van der Waals surface area contributed by atoms with Crippen LogP contribution < -0.4 is 21.5 Å². The summed E-state index contributed by atoms with van der Waals surface area (Å²) in [6.45, 7) is 3.47. The number of nitrogens with zero attached hydrogens (tertiary/aromatic N) is 1. The van der Waals surface area contributed by atoms with Crippen molar-refractivity contribution in [2.24, 2.45) is 5.92 Å². The third-order valence-electron chi connectivity index (χ3n) is 4.64. The first kappa shape index (κ1) is 19.3.